The Morgan fingerprint density at radius 1 is 1.08 bits per heavy atom. The van der Waals surface area contributed by atoms with Gasteiger partial charge in [0.1, 0.15) is 0 Å². The third-order valence-electron chi connectivity index (χ3n) is 3.30. The predicted octanol–water partition coefficient (Wildman–Crippen LogP) is 4.17. The summed E-state index contributed by atoms with van der Waals surface area (Å²) >= 11 is 4.56. The summed E-state index contributed by atoms with van der Waals surface area (Å²) in [6.07, 6.45) is 0. The van der Waals surface area contributed by atoms with Gasteiger partial charge < -0.3 is 4.98 Å². The predicted molar refractivity (Wildman–Crippen MR) is 99.5 cm³/mol. The monoisotopic (exact) mass is 400 g/mol. The van der Waals surface area contributed by atoms with Crippen LogP contribution >= 0.6 is 27.7 Å². The van der Waals surface area contributed by atoms with Crippen molar-refractivity contribution in [3.8, 4) is 11.3 Å². The quantitative estimate of drug-likeness (QED) is 0.396. The van der Waals surface area contributed by atoms with Gasteiger partial charge in [-0.05, 0) is 12.1 Å². The maximum absolute atomic E-state index is 12.2. The molecule has 0 bridgehead atoms. The van der Waals surface area contributed by atoms with Gasteiger partial charge in [-0.2, -0.15) is 0 Å². The Balaban J connectivity index is 1.76. The van der Waals surface area contributed by atoms with Crippen molar-refractivity contribution >= 4 is 33.5 Å². The lowest BCUT2D eigenvalue weighted by atomic mass is 10.1. The Morgan fingerprint density at radius 3 is 2.50 bits per heavy atom. The van der Waals surface area contributed by atoms with Crippen LogP contribution in [0.1, 0.15) is 10.4 Å². The number of rotatable bonds is 5. The van der Waals surface area contributed by atoms with Crippen molar-refractivity contribution in [2.75, 3.05) is 5.75 Å². The van der Waals surface area contributed by atoms with Crippen LogP contribution in [0.25, 0.3) is 11.3 Å². The summed E-state index contributed by atoms with van der Waals surface area (Å²) in [4.78, 5) is 31.2. The molecule has 0 radical (unpaired) electrons. The van der Waals surface area contributed by atoms with Gasteiger partial charge in [0.2, 0.25) is 0 Å². The van der Waals surface area contributed by atoms with Crippen molar-refractivity contribution in [2.45, 2.75) is 5.16 Å². The van der Waals surface area contributed by atoms with Gasteiger partial charge in [0, 0.05) is 21.7 Å². The number of hydrogen-bond acceptors (Lipinski definition) is 4. The van der Waals surface area contributed by atoms with Crippen LogP contribution in [-0.2, 0) is 0 Å². The molecule has 3 aromatic rings. The number of benzene rings is 2. The number of nitrogens with one attached hydrogen (secondary N) is 1. The first-order valence-corrected chi connectivity index (χ1v) is 8.98. The molecule has 0 fully saturated rings. The summed E-state index contributed by atoms with van der Waals surface area (Å²) in [5, 5.41) is 0.437. The van der Waals surface area contributed by atoms with E-state index in [4.69, 9.17) is 0 Å². The summed E-state index contributed by atoms with van der Waals surface area (Å²) in [6.45, 7) is 0. The molecule has 120 valence electrons. The second-order valence-corrected chi connectivity index (χ2v) is 6.90. The Hall–Kier alpha value is -2.18. The first-order valence-electron chi connectivity index (χ1n) is 7.20. The number of aromatic nitrogens is 2. The first-order chi connectivity index (χ1) is 11.6. The maximum Gasteiger partial charge on any atom is 0.252 e. The van der Waals surface area contributed by atoms with Gasteiger partial charge in [-0.3, -0.25) is 9.59 Å². The number of carbonyl (C=O) groups excluding carboxylic acids is 1. The molecule has 1 heterocycles. The van der Waals surface area contributed by atoms with Crippen LogP contribution in [-0.4, -0.2) is 21.5 Å². The number of H-pyrrole nitrogens is 1. The molecule has 0 atom stereocenters. The number of nitrogens with zero attached hydrogens (tertiary/aromatic N) is 1. The molecule has 0 unspecified atom stereocenters. The number of Topliss-reactive ketones (excluding diaryl/α,β-unsaturated/α-hetero) is 1. The Morgan fingerprint density at radius 2 is 1.79 bits per heavy atom. The number of halogens is 1. The van der Waals surface area contributed by atoms with Crippen LogP contribution in [0.15, 0.2) is 75.1 Å². The summed E-state index contributed by atoms with van der Waals surface area (Å²) in [7, 11) is 0. The zero-order valence-corrected chi connectivity index (χ0v) is 14.9. The molecule has 1 N–H and O–H groups in total. The third-order valence-corrected chi connectivity index (χ3v) is 4.70. The van der Waals surface area contributed by atoms with Crippen LogP contribution in [0.4, 0.5) is 0 Å². The summed E-state index contributed by atoms with van der Waals surface area (Å²) in [5.74, 6) is 0.197. The van der Waals surface area contributed by atoms with E-state index in [2.05, 4.69) is 25.9 Å². The van der Waals surface area contributed by atoms with E-state index in [1.54, 1.807) is 12.1 Å². The van der Waals surface area contributed by atoms with Crippen molar-refractivity contribution in [1.82, 2.24) is 9.97 Å². The van der Waals surface area contributed by atoms with Gasteiger partial charge in [-0.15, -0.1) is 0 Å². The van der Waals surface area contributed by atoms with Crippen LogP contribution in [0.3, 0.4) is 0 Å². The van der Waals surface area contributed by atoms with Gasteiger partial charge >= 0.3 is 0 Å². The highest BCUT2D eigenvalue weighted by Gasteiger charge is 2.09. The maximum atomic E-state index is 12.2. The molecule has 6 heteroatoms. The van der Waals surface area contributed by atoms with Gasteiger partial charge in [0.15, 0.2) is 10.9 Å². The van der Waals surface area contributed by atoms with Gasteiger partial charge in [-0.1, -0.05) is 70.2 Å². The average molecular weight is 401 g/mol. The number of hydrogen-bond donors (Lipinski definition) is 1. The van der Waals surface area contributed by atoms with Crippen LogP contribution in [0.2, 0.25) is 0 Å². The van der Waals surface area contributed by atoms with E-state index < -0.39 is 0 Å². The molecule has 3 rings (SSSR count). The van der Waals surface area contributed by atoms with E-state index in [9.17, 15) is 9.59 Å². The minimum absolute atomic E-state index is 0.0136. The number of aromatic amines is 1. The summed E-state index contributed by atoms with van der Waals surface area (Å²) < 4.78 is 0.924. The van der Waals surface area contributed by atoms with E-state index >= 15 is 0 Å². The lowest BCUT2D eigenvalue weighted by molar-refractivity contribution is 0.102. The van der Waals surface area contributed by atoms with Crippen LogP contribution in [0, 0.1) is 0 Å². The number of thioether (sulfide) groups is 1. The molecule has 1 aromatic heterocycles. The van der Waals surface area contributed by atoms with Crippen LogP contribution in [0.5, 0.6) is 0 Å². The average Bonchev–Trinajstić information content (AvgIpc) is 2.60. The van der Waals surface area contributed by atoms with E-state index in [-0.39, 0.29) is 17.1 Å². The van der Waals surface area contributed by atoms with E-state index in [0.29, 0.717) is 16.4 Å². The topological polar surface area (TPSA) is 62.8 Å². The fourth-order valence-electron chi connectivity index (χ4n) is 2.11. The van der Waals surface area contributed by atoms with Crippen LogP contribution < -0.4 is 5.56 Å². The van der Waals surface area contributed by atoms with Crippen molar-refractivity contribution in [3.63, 3.8) is 0 Å². The lowest BCUT2D eigenvalue weighted by Crippen LogP contribution is -2.10. The highest BCUT2D eigenvalue weighted by Crippen LogP contribution is 2.20. The molecule has 0 saturated heterocycles. The standard InChI is InChI=1S/C18H13BrN2O2S/c19-14-8-6-13(7-9-14)16(22)11-24-18-20-15(10-17(23)21-18)12-4-2-1-3-5-12/h1-10H,11H2,(H,20,21,23). The Kier molecular flexibility index (Phi) is 5.27. The zero-order chi connectivity index (χ0) is 16.9. The van der Waals surface area contributed by atoms with Crippen molar-refractivity contribution in [3.05, 3.63) is 81.1 Å². The molecule has 0 saturated carbocycles. The highest BCUT2D eigenvalue weighted by molar-refractivity contribution is 9.10. The fraction of sp³-hybridized carbons (Fsp3) is 0.0556. The van der Waals surface area contributed by atoms with E-state index in [1.165, 1.54) is 17.8 Å². The molecule has 2 aromatic carbocycles. The molecule has 0 aliphatic heterocycles. The second kappa shape index (κ2) is 7.59. The largest absolute Gasteiger partial charge is 0.301 e. The molecular formula is C18H13BrN2O2S. The number of carbonyl (C=O) groups is 1. The zero-order valence-electron chi connectivity index (χ0n) is 12.5. The molecule has 0 aliphatic carbocycles. The van der Waals surface area contributed by atoms with Gasteiger partial charge in [-0.25, -0.2) is 4.98 Å². The minimum Gasteiger partial charge on any atom is -0.301 e. The van der Waals surface area contributed by atoms with Crippen molar-refractivity contribution in [2.24, 2.45) is 0 Å². The van der Waals surface area contributed by atoms with Gasteiger partial charge in [0.05, 0.1) is 11.4 Å². The van der Waals surface area contributed by atoms with Crippen molar-refractivity contribution in [1.29, 1.82) is 0 Å². The lowest BCUT2D eigenvalue weighted by Gasteiger charge is -2.04. The molecule has 4 nitrogen and oxygen atoms in total. The Bertz CT molecular complexity index is 908. The SMILES string of the molecule is O=C(CSc1nc(-c2ccccc2)cc(=O)[nH]1)c1ccc(Br)cc1. The summed E-state index contributed by atoms with van der Waals surface area (Å²) in [6, 6.07) is 18.1. The van der Waals surface area contributed by atoms with E-state index in [0.717, 1.165) is 10.0 Å². The van der Waals surface area contributed by atoms with E-state index in [1.807, 2.05) is 42.5 Å². The molecule has 24 heavy (non-hydrogen) atoms. The molecule has 0 aliphatic rings. The minimum atomic E-state index is -0.234. The molecular weight excluding hydrogens is 388 g/mol. The molecule has 0 amide bonds. The third kappa shape index (κ3) is 4.21. The smallest absolute Gasteiger partial charge is 0.252 e. The molecule has 0 spiro atoms. The first kappa shape index (κ1) is 16.7. The van der Waals surface area contributed by atoms with Crippen molar-refractivity contribution < 1.29 is 4.79 Å². The highest BCUT2D eigenvalue weighted by atomic mass is 79.9. The second-order valence-electron chi connectivity index (χ2n) is 5.02. The summed E-state index contributed by atoms with van der Waals surface area (Å²) in [5.41, 5.74) is 1.86. The normalized spacial score (nSPS) is 10.5. The fourth-order valence-corrected chi connectivity index (χ4v) is 3.15. The Labute approximate surface area is 151 Å². The number of ketones is 1. The van der Waals surface area contributed by atoms with Gasteiger partial charge in [0.25, 0.3) is 5.56 Å².